The summed E-state index contributed by atoms with van der Waals surface area (Å²) in [6.07, 6.45) is 36.2. The summed E-state index contributed by atoms with van der Waals surface area (Å²) in [7, 11) is 0. The van der Waals surface area contributed by atoms with E-state index in [1.54, 1.807) is 0 Å². The molecule has 0 saturated heterocycles. The van der Waals surface area contributed by atoms with Crippen LogP contribution in [0.2, 0.25) is 0 Å². The zero-order chi connectivity index (χ0) is 38.3. The van der Waals surface area contributed by atoms with Gasteiger partial charge in [0, 0.05) is 31.1 Å². The van der Waals surface area contributed by atoms with Gasteiger partial charge in [-0.15, -0.1) is 0 Å². The van der Waals surface area contributed by atoms with Gasteiger partial charge in [0.05, 0.1) is 13.2 Å². The maximum atomic E-state index is 12.3. The van der Waals surface area contributed by atoms with E-state index in [1.165, 1.54) is 166 Å². The number of thioether (sulfide) groups is 1. The zero-order valence-corrected chi connectivity index (χ0v) is 37.0. The minimum absolute atomic E-state index is 0.191. The van der Waals surface area contributed by atoms with Crippen LogP contribution in [-0.2, 0) is 27.1 Å². The molecule has 2 rings (SSSR count). The van der Waals surface area contributed by atoms with E-state index in [4.69, 9.17) is 18.9 Å². The fraction of sp³-hybridized carbons (Fsp3) is 0.870. The van der Waals surface area contributed by atoms with E-state index < -0.39 is 11.2 Å². The van der Waals surface area contributed by atoms with Crippen LogP contribution in [-0.4, -0.2) is 60.3 Å². The monoisotopic (exact) mass is 783 g/mol. The standard InChI is InChI=1S/C28H58O2S.C18H28O3S/c1-3-5-7-9-11-13-15-17-19-21-23-29-25-27-31-28-26-30-24-22-20-18-16-14-12-10-8-6-4-2;1-3-4-5-6-7-8-11-22(19)15(2)12-16-9-10-17-18(13-16)21-14-20-17/h3-28H2,1-2H3;9-10,13,15H,3-8,11-12,14H2,1-2H3. The minimum atomic E-state index is -0.743. The van der Waals surface area contributed by atoms with E-state index in [0.29, 0.717) is 6.79 Å². The third-order valence-electron chi connectivity index (χ3n) is 10.1. The lowest BCUT2D eigenvalue weighted by Gasteiger charge is -2.18. The molecule has 0 bridgehead atoms. The van der Waals surface area contributed by atoms with E-state index in [0.717, 1.165) is 68.0 Å². The predicted molar refractivity (Wildman–Crippen MR) is 235 cm³/mol. The molecule has 7 heteroatoms. The van der Waals surface area contributed by atoms with Crippen LogP contribution in [0.3, 0.4) is 0 Å². The molecule has 2 atom stereocenters. The molecule has 1 aliphatic heterocycles. The summed E-state index contributed by atoms with van der Waals surface area (Å²) in [4.78, 5) is 0. The molecular formula is C46H86O5S2. The first-order valence-electron chi connectivity index (χ1n) is 22.6. The van der Waals surface area contributed by atoms with E-state index in [2.05, 4.69) is 27.7 Å². The van der Waals surface area contributed by atoms with Crippen LogP contribution in [0, 0.1) is 0 Å². The number of unbranched alkanes of at least 4 members (excludes halogenated alkanes) is 23. The second kappa shape index (κ2) is 39.6. The van der Waals surface area contributed by atoms with Gasteiger partial charge in [-0.25, -0.2) is 0 Å². The molecule has 1 heterocycles. The lowest BCUT2D eigenvalue weighted by molar-refractivity contribution is 0.142. The number of benzene rings is 1. The van der Waals surface area contributed by atoms with Gasteiger partial charge in [-0.1, -0.05) is 179 Å². The fourth-order valence-electron chi connectivity index (χ4n) is 6.64. The first-order chi connectivity index (χ1) is 26.1. The Hall–Kier alpha value is -0.600. The average molecular weight is 783 g/mol. The quantitative estimate of drug-likeness (QED) is 0.0492. The zero-order valence-electron chi connectivity index (χ0n) is 35.4. The molecule has 0 aromatic heterocycles. The van der Waals surface area contributed by atoms with Crippen LogP contribution in [0.25, 0.3) is 0 Å². The van der Waals surface area contributed by atoms with E-state index in [-0.39, 0.29) is 5.25 Å². The van der Waals surface area contributed by atoms with Crippen LogP contribution in [0.1, 0.15) is 200 Å². The van der Waals surface area contributed by atoms with Crippen LogP contribution < -0.4 is 9.47 Å². The Morgan fingerprint density at radius 3 is 1.45 bits per heavy atom. The fourth-order valence-corrected chi connectivity index (χ4v) is 8.59. The smallest absolute Gasteiger partial charge is 0.231 e. The third-order valence-corrected chi connectivity index (χ3v) is 12.8. The summed E-state index contributed by atoms with van der Waals surface area (Å²) in [5, 5.41) is 0.191. The van der Waals surface area contributed by atoms with Crippen molar-refractivity contribution in [2.75, 3.05) is 50.5 Å². The second-order valence-electron chi connectivity index (χ2n) is 15.3. The van der Waals surface area contributed by atoms with Crippen LogP contribution in [0.5, 0.6) is 11.5 Å². The molecule has 53 heavy (non-hydrogen) atoms. The molecular weight excluding hydrogens is 697 g/mol. The molecule has 0 amide bonds. The maximum Gasteiger partial charge on any atom is 0.231 e. The van der Waals surface area contributed by atoms with Crippen molar-refractivity contribution in [1.29, 1.82) is 0 Å². The predicted octanol–water partition coefficient (Wildman–Crippen LogP) is 14.1. The van der Waals surface area contributed by atoms with Crippen molar-refractivity contribution in [2.24, 2.45) is 0 Å². The molecule has 1 aliphatic rings. The Labute approximate surface area is 337 Å². The number of fused-ring (bicyclic) bond motifs is 1. The van der Waals surface area contributed by atoms with Gasteiger partial charge in [0.1, 0.15) is 11.0 Å². The average Bonchev–Trinajstić information content (AvgIpc) is 3.64. The number of rotatable bonds is 38. The Morgan fingerprint density at radius 2 is 0.981 bits per heavy atom. The van der Waals surface area contributed by atoms with Gasteiger partial charge >= 0.3 is 0 Å². The van der Waals surface area contributed by atoms with Crippen LogP contribution in [0.15, 0.2) is 18.2 Å². The molecule has 0 aliphatic carbocycles. The van der Waals surface area contributed by atoms with Gasteiger partial charge in [-0.2, -0.15) is 11.8 Å². The van der Waals surface area contributed by atoms with Gasteiger partial charge in [0.2, 0.25) is 6.79 Å². The lowest BCUT2D eigenvalue weighted by Crippen LogP contribution is -2.23. The Morgan fingerprint density at radius 1 is 0.566 bits per heavy atom. The van der Waals surface area contributed by atoms with Crippen LogP contribution >= 0.6 is 11.8 Å². The summed E-state index contributed by atoms with van der Waals surface area (Å²) < 4.78 is 34.6. The highest BCUT2D eigenvalue weighted by molar-refractivity contribution is 7.99. The molecule has 0 N–H and O–H groups in total. The van der Waals surface area contributed by atoms with E-state index in [9.17, 15) is 4.55 Å². The number of ether oxygens (including phenoxy) is 4. The summed E-state index contributed by atoms with van der Waals surface area (Å²) in [6.45, 7) is 12.9. The molecule has 2 unspecified atom stereocenters. The first-order valence-corrected chi connectivity index (χ1v) is 25.1. The van der Waals surface area contributed by atoms with Crippen molar-refractivity contribution in [3.63, 3.8) is 0 Å². The van der Waals surface area contributed by atoms with Crippen molar-refractivity contribution in [2.45, 2.75) is 206 Å². The van der Waals surface area contributed by atoms with Gasteiger partial charge in [0.25, 0.3) is 0 Å². The third kappa shape index (κ3) is 32.2. The molecule has 0 radical (unpaired) electrons. The first kappa shape index (κ1) is 50.4. The van der Waals surface area contributed by atoms with Crippen LogP contribution in [0.4, 0.5) is 0 Å². The number of hydrogen-bond donors (Lipinski definition) is 0. The molecule has 5 nitrogen and oxygen atoms in total. The largest absolute Gasteiger partial charge is 0.616 e. The summed E-state index contributed by atoms with van der Waals surface area (Å²) in [5.41, 5.74) is 1.17. The Balaban J connectivity index is 0.000000558. The molecule has 0 fully saturated rings. The number of hydrogen-bond acceptors (Lipinski definition) is 6. The summed E-state index contributed by atoms with van der Waals surface area (Å²) in [6, 6.07) is 6.01. The van der Waals surface area contributed by atoms with Crippen molar-refractivity contribution < 1.29 is 23.5 Å². The molecule has 0 saturated carbocycles. The van der Waals surface area contributed by atoms with E-state index >= 15 is 0 Å². The molecule has 1 aromatic rings. The highest BCUT2D eigenvalue weighted by atomic mass is 32.2. The lowest BCUT2D eigenvalue weighted by atomic mass is 10.1. The molecule has 312 valence electrons. The van der Waals surface area contributed by atoms with Gasteiger partial charge in [-0.05, 0) is 50.3 Å². The topological polar surface area (TPSA) is 60.0 Å². The summed E-state index contributed by atoms with van der Waals surface area (Å²) >= 11 is 1.23. The normalized spacial score (nSPS) is 13.2. The Kier molecular flexibility index (Phi) is 37.7. The van der Waals surface area contributed by atoms with Crippen molar-refractivity contribution in [3.8, 4) is 11.5 Å². The van der Waals surface area contributed by atoms with Crippen molar-refractivity contribution in [1.82, 2.24) is 0 Å². The summed E-state index contributed by atoms with van der Waals surface area (Å²) in [5.74, 6) is 4.67. The van der Waals surface area contributed by atoms with Gasteiger partial charge < -0.3 is 23.5 Å². The van der Waals surface area contributed by atoms with Crippen molar-refractivity contribution >= 4 is 22.9 Å². The highest BCUT2D eigenvalue weighted by Gasteiger charge is 2.19. The second-order valence-corrected chi connectivity index (χ2v) is 18.5. The minimum Gasteiger partial charge on any atom is -0.616 e. The maximum absolute atomic E-state index is 12.3. The van der Waals surface area contributed by atoms with Gasteiger partial charge in [0.15, 0.2) is 11.5 Å². The highest BCUT2D eigenvalue weighted by Crippen LogP contribution is 2.33. The molecule has 1 aromatic carbocycles. The van der Waals surface area contributed by atoms with Crippen molar-refractivity contribution in [3.05, 3.63) is 23.8 Å². The SMILES string of the molecule is CCCCCCCCCCCCOCCSCCOCCCCCCCCCCCC.CCCCCCCC[S+]([O-])C(C)Cc1ccc2c(c1)OCO2. The molecule has 0 spiro atoms. The van der Waals surface area contributed by atoms with E-state index in [1.807, 2.05) is 30.0 Å². The van der Waals surface area contributed by atoms with Gasteiger partial charge in [-0.3, -0.25) is 0 Å². The Bertz CT molecular complexity index is 859.